The van der Waals surface area contributed by atoms with Crippen LogP contribution in [-0.2, 0) is 0 Å². The fourth-order valence-corrected chi connectivity index (χ4v) is 1.71. The van der Waals surface area contributed by atoms with Crippen molar-refractivity contribution in [3.05, 3.63) is 59.7 Å². The van der Waals surface area contributed by atoms with Gasteiger partial charge in [-0.1, -0.05) is 24.3 Å². The quantitative estimate of drug-likeness (QED) is 0.781. The summed E-state index contributed by atoms with van der Waals surface area (Å²) in [5.74, 6) is 0.858. The monoisotopic (exact) mass is 267 g/mol. The smallest absolute Gasteiger partial charge is 0.200 e. The number of para-hydroxylation sites is 1. The number of Topliss-reactive ketones (excluding diaryl/α,β-unsaturated/α-hetero) is 1. The van der Waals surface area contributed by atoms with Crippen LogP contribution in [0, 0.1) is 11.3 Å². The molecule has 2 aromatic rings. The van der Waals surface area contributed by atoms with Crippen LogP contribution in [0.5, 0.6) is 11.5 Å². The molecule has 4 nitrogen and oxygen atoms in total. The second-order valence-corrected chi connectivity index (χ2v) is 4.05. The fraction of sp³-hybridized carbons (Fsp3) is 0.125. The number of benzene rings is 2. The van der Waals surface area contributed by atoms with E-state index in [0.29, 0.717) is 22.6 Å². The molecule has 0 saturated heterocycles. The molecule has 0 spiro atoms. The maximum atomic E-state index is 12.0. The van der Waals surface area contributed by atoms with Gasteiger partial charge in [0, 0.05) is 5.56 Å². The van der Waals surface area contributed by atoms with Crippen LogP contribution in [0.3, 0.4) is 0 Å². The van der Waals surface area contributed by atoms with Gasteiger partial charge in [0.25, 0.3) is 0 Å². The third kappa shape index (κ3) is 3.15. The van der Waals surface area contributed by atoms with E-state index in [2.05, 4.69) is 0 Å². The summed E-state index contributed by atoms with van der Waals surface area (Å²) in [7, 11) is 1.54. The maximum absolute atomic E-state index is 12.0. The zero-order chi connectivity index (χ0) is 14.4. The molecule has 0 aromatic heterocycles. The number of carbonyl (C=O) groups is 1. The average Bonchev–Trinajstić information content (AvgIpc) is 2.52. The van der Waals surface area contributed by atoms with Gasteiger partial charge in [0.15, 0.2) is 12.4 Å². The number of methoxy groups -OCH3 is 1. The van der Waals surface area contributed by atoms with Crippen LogP contribution in [0.15, 0.2) is 48.5 Å². The van der Waals surface area contributed by atoms with E-state index in [4.69, 9.17) is 14.7 Å². The molecule has 0 unspecified atom stereocenters. The van der Waals surface area contributed by atoms with Crippen LogP contribution in [-0.4, -0.2) is 19.5 Å². The van der Waals surface area contributed by atoms with Crippen LogP contribution in [0.1, 0.15) is 15.9 Å². The van der Waals surface area contributed by atoms with Gasteiger partial charge < -0.3 is 9.47 Å². The Kier molecular flexibility index (Phi) is 4.35. The van der Waals surface area contributed by atoms with E-state index in [1.54, 1.807) is 55.6 Å². The summed E-state index contributed by atoms with van der Waals surface area (Å²) in [5.41, 5.74) is 0.921. The number of carbonyl (C=O) groups excluding carboxylic acids is 1. The standard InChI is InChI=1S/C16H13NO3/c1-19-14-7-4-6-12(9-14)15(18)11-20-16-8-3-2-5-13(16)10-17/h2-9H,11H2,1H3. The lowest BCUT2D eigenvalue weighted by Crippen LogP contribution is -2.12. The molecule has 0 amide bonds. The number of ether oxygens (including phenoxy) is 2. The molecule has 4 heteroatoms. The summed E-state index contributed by atoms with van der Waals surface area (Å²) in [6, 6.07) is 15.7. The number of hydrogen-bond acceptors (Lipinski definition) is 4. The van der Waals surface area contributed by atoms with Gasteiger partial charge in [0.05, 0.1) is 12.7 Å². The minimum atomic E-state index is -0.170. The lowest BCUT2D eigenvalue weighted by Gasteiger charge is -2.07. The van der Waals surface area contributed by atoms with Crippen molar-refractivity contribution in [1.82, 2.24) is 0 Å². The number of nitrogens with zero attached hydrogens (tertiary/aromatic N) is 1. The molecule has 0 atom stereocenters. The summed E-state index contributed by atoms with van der Waals surface area (Å²) < 4.78 is 10.5. The first-order valence-electron chi connectivity index (χ1n) is 6.04. The first-order valence-corrected chi connectivity index (χ1v) is 6.04. The van der Waals surface area contributed by atoms with E-state index in [-0.39, 0.29) is 12.4 Å². The van der Waals surface area contributed by atoms with E-state index in [0.717, 1.165) is 0 Å². The van der Waals surface area contributed by atoms with Gasteiger partial charge in [-0.05, 0) is 24.3 Å². The van der Waals surface area contributed by atoms with Crippen molar-refractivity contribution in [2.75, 3.05) is 13.7 Å². The fourth-order valence-electron chi connectivity index (χ4n) is 1.71. The molecule has 0 bridgehead atoms. The Morgan fingerprint density at radius 2 is 2.00 bits per heavy atom. The number of nitriles is 1. The van der Waals surface area contributed by atoms with Crippen molar-refractivity contribution in [2.45, 2.75) is 0 Å². The Morgan fingerprint density at radius 3 is 2.75 bits per heavy atom. The highest BCUT2D eigenvalue weighted by Crippen LogP contribution is 2.18. The predicted octanol–water partition coefficient (Wildman–Crippen LogP) is 2.83. The van der Waals surface area contributed by atoms with Crippen molar-refractivity contribution in [2.24, 2.45) is 0 Å². The highest BCUT2D eigenvalue weighted by Gasteiger charge is 2.09. The van der Waals surface area contributed by atoms with Gasteiger partial charge in [-0.2, -0.15) is 5.26 Å². The summed E-state index contributed by atoms with van der Waals surface area (Å²) in [6.07, 6.45) is 0. The molecule has 0 heterocycles. The van der Waals surface area contributed by atoms with Crippen molar-refractivity contribution >= 4 is 5.78 Å². The van der Waals surface area contributed by atoms with Gasteiger partial charge in [-0.3, -0.25) is 4.79 Å². The lowest BCUT2D eigenvalue weighted by molar-refractivity contribution is 0.0921. The normalized spacial score (nSPS) is 9.60. The molecule has 0 N–H and O–H groups in total. The molecule has 2 rings (SSSR count). The summed E-state index contributed by atoms with van der Waals surface area (Å²) >= 11 is 0. The van der Waals surface area contributed by atoms with Crippen molar-refractivity contribution in [3.63, 3.8) is 0 Å². The van der Waals surface area contributed by atoms with E-state index < -0.39 is 0 Å². The Labute approximate surface area is 117 Å². The third-order valence-electron chi connectivity index (χ3n) is 2.76. The molecular weight excluding hydrogens is 254 g/mol. The second-order valence-electron chi connectivity index (χ2n) is 4.05. The Balaban J connectivity index is 2.07. The zero-order valence-corrected chi connectivity index (χ0v) is 11.0. The van der Waals surface area contributed by atoms with E-state index in [1.165, 1.54) is 0 Å². The molecule has 2 aromatic carbocycles. The largest absolute Gasteiger partial charge is 0.497 e. The molecule has 0 saturated carbocycles. The zero-order valence-electron chi connectivity index (χ0n) is 11.0. The van der Waals surface area contributed by atoms with E-state index in [9.17, 15) is 4.79 Å². The van der Waals surface area contributed by atoms with Crippen molar-refractivity contribution in [1.29, 1.82) is 5.26 Å². The van der Waals surface area contributed by atoms with Gasteiger partial charge in [-0.25, -0.2) is 0 Å². The highest BCUT2D eigenvalue weighted by molar-refractivity contribution is 5.97. The third-order valence-corrected chi connectivity index (χ3v) is 2.76. The molecule has 0 aliphatic heterocycles. The topological polar surface area (TPSA) is 59.3 Å². The first kappa shape index (κ1) is 13.6. The minimum Gasteiger partial charge on any atom is -0.497 e. The summed E-state index contributed by atoms with van der Waals surface area (Å²) in [6.45, 7) is -0.119. The molecular formula is C16H13NO3. The predicted molar refractivity (Wildman–Crippen MR) is 74.0 cm³/mol. The summed E-state index contributed by atoms with van der Waals surface area (Å²) in [5, 5.41) is 8.94. The highest BCUT2D eigenvalue weighted by atomic mass is 16.5. The van der Waals surface area contributed by atoms with Crippen LogP contribution in [0.2, 0.25) is 0 Å². The van der Waals surface area contributed by atoms with Crippen LogP contribution in [0.25, 0.3) is 0 Å². The van der Waals surface area contributed by atoms with Crippen LogP contribution in [0.4, 0.5) is 0 Å². The molecule has 0 radical (unpaired) electrons. The van der Waals surface area contributed by atoms with E-state index in [1.807, 2.05) is 6.07 Å². The Morgan fingerprint density at radius 1 is 1.20 bits per heavy atom. The van der Waals surface area contributed by atoms with E-state index >= 15 is 0 Å². The lowest BCUT2D eigenvalue weighted by atomic mass is 10.1. The Bertz CT molecular complexity index is 659. The van der Waals surface area contributed by atoms with Gasteiger partial charge >= 0.3 is 0 Å². The average molecular weight is 267 g/mol. The molecule has 0 fully saturated rings. The van der Waals surface area contributed by atoms with Crippen LogP contribution < -0.4 is 9.47 Å². The number of rotatable bonds is 5. The van der Waals surface area contributed by atoms with Gasteiger partial charge in [0.1, 0.15) is 17.6 Å². The van der Waals surface area contributed by atoms with Crippen molar-refractivity contribution in [3.8, 4) is 17.6 Å². The minimum absolute atomic E-state index is 0.119. The number of ketones is 1. The molecule has 0 aliphatic carbocycles. The first-order chi connectivity index (χ1) is 9.74. The Hall–Kier alpha value is -2.80. The molecule has 0 aliphatic rings. The second kappa shape index (κ2) is 6.39. The molecule has 100 valence electrons. The molecule has 20 heavy (non-hydrogen) atoms. The summed E-state index contributed by atoms with van der Waals surface area (Å²) in [4.78, 5) is 12.0. The van der Waals surface area contributed by atoms with Gasteiger partial charge in [0.2, 0.25) is 0 Å². The maximum Gasteiger partial charge on any atom is 0.200 e. The van der Waals surface area contributed by atoms with Crippen molar-refractivity contribution < 1.29 is 14.3 Å². The number of hydrogen-bond donors (Lipinski definition) is 0. The van der Waals surface area contributed by atoms with Crippen LogP contribution >= 0.6 is 0 Å². The van der Waals surface area contributed by atoms with Gasteiger partial charge in [-0.15, -0.1) is 0 Å². The SMILES string of the molecule is COc1cccc(C(=O)COc2ccccc2C#N)c1.